The van der Waals surface area contributed by atoms with Crippen LogP contribution in [0.1, 0.15) is 0 Å². The summed E-state index contributed by atoms with van der Waals surface area (Å²) in [5.41, 5.74) is 13.1. The standard InChI is InChI=1S/C52H34N6/c1-5-15-37(16-6-1)43-33-34-53-52-46(43)54-49(57(52)42-21-11-4-12-22-42)40-29-25-35(26-30-40)36-27-31-41(32-28-36)50-55-48(39-19-9-3-10-20-39)56-51-45-24-14-13-23-44(45)47(58(50)51)38-17-7-2-8-18-38/h1-34H. The largest absolute Gasteiger partial charge is 0.277 e. The molecule has 0 radical (unpaired) electrons. The van der Waals surface area contributed by atoms with Crippen molar-refractivity contribution in [3.05, 3.63) is 206 Å². The smallest absolute Gasteiger partial charge is 0.165 e. The van der Waals surface area contributed by atoms with E-state index < -0.39 is 0 Å². The van der Waals surface area contributed by atoms with Crippen molar-refractivity contribution >= 4 is 27.6 Å². The first-order chi connectivity index (χ1) is 28.8. The first-order valence-electron chi connectivity index (χ1n) is 19.4. The number of pyridine rings is 1. The average Bonchev–Trinajstić information content (AvgIpc) is 3.87. The molecule has 4 aromatic heterocycles. The Balaban J connectivity index is 1.02. The van der Waals surface area contributed by atoms with Gasteiger partial charge in [0.1, 0.15) is 22.8 Å². The maximum atomic E-state index is 5.28. The molecule has 11 rings (SSSR count). The molecule has 58 heavy (non-hydrogen) atoms. The van der Waals surface area contributed by atoms with Gasteiger partial charge in [0.25, 0.3) is 0 Å². The Morgan fingerprint density at radius 1 is 0.345 bits per heavy atom. The Labute approximate surface area is 335 Å². The molecule has 6 heteroatoms. The maximum absolute atomic E-state index is 5.28. The Hall–Kier alpha value is -7.96. The van der Waals surface area contributed by atoms with Gasteiger partial charge in [0, 0.05) is 44.9 Å². The van der Waals surface area contributed by atoms with Gasteiger partial charge in [0.15, 0.2) is 11.5 Å². The molecule has 0 aliphatic carbocycles. The first-order valence-corrected chi connectivity index (χ1v) is 19.4. The molecule has 0 spiro atoms. The van der Waals surface area contributed by atoms with Crippen LogP contribution < -0.4 is 0 Å². The number of para-hydroxylation sites is 1. The highest BCUT2D eigenvalue weighted by Crippen LogP contribution is 2.39. The second-order valence-electron chi connectivity index (χ2n) is 14.3. The minimum absolute atomic E-state index is 0.693. The van der Waals surface area contributed by atoms with Crippen LogP contribution in [0.15, 0.2) is 206 Å². The van der Waals surface area contributed by atoms with Crippen LogP contribution in [-0.2, 0) is 0 Å². The van der Waals surface area contributed by atoms with E-state index in [4.69, 9.17) is 19.9 Å². The number of rotatable bonds is 7. The van der Waals surface area contributed by atoms with E-state index in [0.717, 1.165) is 95.1 Å². The van der Waals surface area contributed by atoms with E-state index in [2.05, 4.69) is 173 Å². The molecule has 0 amide bonds. The summed E-state index contributed by atoms with van der Waals surface area (Å²) < 4.78 is 4.39. The summed E-state index contributed by atoms with van der Waals surface area (Å²) in [5, 5.41) is 2.23. The predicted octanol–water partition coefficient (Wildman–Crippen LogP) is 12.6. The topological polar surface area (TPSA) is 60.9 Å². The molecule has 0 N–H and O–H groups in total. The number of imidazole rings is 1. The average molecular weight is 743 g/mol. The third kappa shape index (κ3) is 5.66. The summed E-state index contributed by atoms with van der Waals surface area (Å²) in [6.45, 7) is 0. The maximum Gasteiger partial charge on any atom is 0.165 e. The lowest BCUT2D eigenvalue weighted by atomic mass is 10.0. The molecule has 0 saturated carbocycles. The van der Waals surface area contributed by atoms with Crippen LogP contribution in [0.25, 0.3) is 101 Å². The number of benzene rings is 7. The van der Waals surface area contributed by atoms with Gasteiger partial charge in [0.2, 0.25) is 0 Å². The summed E-state index contributed by atoms with van der Waals surface area (Å²) in [6, 6.07) is 69.4. The summed E-state index contributed by atoms with van der Waals surface area (Å²) in [6.07, 6.45) is 1.87. The van der Waals surface area contributed by atoms with Crippen molar-refractivity contribution in [2.24, 2.45) is 0 Å². The van der Waals surface area contributed by atoms with Crippen LogP contribution in [0.3, 0.4) is 0 Å². The van der Waals surface area contributed by atoms with Crippen LogP contribution in [0.2, 0.25) is 0 Å². The van der Waals surface area contributed by atoms with Crippen molar-refractivity contribution in [1.82, 2.24) is 28.9 Å². The van der Waals surface area contributed by atoms with Crippen LogP contribution in [0.4, 0.5) is 0 Å². The third-order valence-corrected chi connectivity index (χ3v) is 10.8. The summed E-state index contributed by atoms with van der Waals surface area (Å²) in [5.74, 6) is 2.37. The van der Waals surface area contributed by atoms with Crippen molar-refractivity contribution in [2.45, 2.75) is 0 Å². The molecule has 0 atom stereocenters. The fraction of sp³-hybridized carbons (Fsp3) is 0. The molecule has 11 aromatic rings. The zero-order valence-corrected chi connectivity index (χ0v) is 31.3. The van der Waals surface area contributed by atoms with E-state index in [1.807, 2.05) is 42.6 Å². The molecule has 0 saturated heterocycles. The zero-order valence-electron chi connectivity index (χ0n) is 31.3. The van der Waals surface area contributed by atoms with Crippen molar-refractivity contribution in [3.63, 3.8) is 0 Å². The molecule has 0 unspecified atom stereocenters. The lowest BCUT2D eigenvalue weighted by Crippen LogP contribution is -2.03. The Kier molecular flexibility index (Phi) is 8.04. The SMILES string of the molecule is c1ccc(-c2nc(-c3ccc(-c4ccc(-c5nc6c(-c7ccccc7)ccnc6n5-c5ccccc5)cc4)cc3)n3c(-c4ccccc4)c4ccccc4c3n2)cc1. The normalized spacial score (nSPS) is 11.4. The molecule has 4 heterocycles. The number of fused-ring (bicyclic) bond motifs is 4. The van der Waals surface area contributed by atoms with Crippen LogP contribution in [-0.4, -0.2) is 28.9 Å². The number of nitrogens with zero attached hydrogens (tertiary/aromatic N) is 6. The van der Waals surface area contributed by atoms with Gasteiger partial charge in [-0.2, -0.15) is 0 Å². The van der Waals surface area contributed by atoms with Gasteiger partial charge in [0.05, 0.1) is 5.69 Å². The van der Waals surface area contributed by atoms with E-state index in [1.165, 1.54) is 0 Å². The molecular formula is C52H34N6. The molecule has 0 aliphatic rings. The fourth-order valence-corrected chi connectivity index (χ4v) is 8.08. The third-order valence-electron chi connectivity index (χ3n) is 10.8. The van der Waals surface area contributed by atoms with E-state index in [1.54, 1.807) is 0 Å². The second-order valence-corrected chi connectivity index (χ2v) is 14.3. The molecule has 0 aliphatic heterocycles. The zero-order chi connectivity index (χ0) is 38.4. The number of hydrogen-bond donors (Lipinski definition) is 0. The highest BCUT2D eigenvalue weighted by Gasteiger charge is 2.22. The monoisotopic (exact) mass is 742 g/mol. The Morgan fingerprint density at radius 3 is 1.50 bits per heavy atom. The van der Waals surface area contributed by atoms with Gasteiger partial charge in [-0.15, -0.1) is 0 Å². The van der Waals surface area contributed by atoms with Gasteiger partial charge >= 0.3 is 0 Å². The molecule has 272 valence electrons. The molecule has 0 fully saturated rings. The molecule has 6 nitrogen and oxygen atoms in total. The van der Waals surface area contributed by atoms with E-state index in [-0.39, 0.29) is 0 Å². The van der Waals surface area contributed by atoms with Crippen molar-refractivity contribution in [1.29, 1.82) is 0 Å². The first kappa shape index (κ1) is 33.4. The summed E-state index contributed by atoms with van der Waals surface area (Å²) >= 11 is 0. The van der Waals surface area contributed by atoms with Crippen LogP contribution >= 0.6 is 0 Å². The van der Waals surface area contributed by atoms with Gasteiger partial charge in [-0.05, 0) is 40.5 Å². The van der Waals surface area contributed by atoms with Gasteiger partial charge in [-0.25, -0.2) is 19.9 Å². The summed E-state index contributed by atoms with van der Waals surface area (Å²) in [4.78, 5) is 20.6. The second kappa shape index (κ2) is 14.0. The number of aromatic nitrogens is 6. The molecular weight excluding hydrogens is 709 g/mol. The van der Waals surface area contributed by atoms with Crippen LogP contribution in [0, 0.1) is 0 Å². The van der Waals surface area contributed by atoms with Gasteiger partial charge < -0.3 is 0 Å². The highest BCUT2D eigenvalue weighted by molar-refractivity contribution is 6.06. The van der Waals surface area contributed by atoms with E-state index in [9.17, 15) is 0 Å². The Bertz CT molecular complexity index is 3230. The molecule has 7 aromatic carbocycles. The van der Waals surface area contributed by atoms with Crippen molar-refractivity contribution < 1.29 is 0 Å². The van der Waals surface area contributed by atoms with Crippen LogP contribution in [0.5, 0.6) is 0 Å². The summed E-state index contributed by atoms with van der Waals surface area (Å²) in [7, 11) is 0. The minimum Gasteiger partial charge on any atom is -0.277 e. The Morgan fingerprint density at radius 2 is 0.862 bits per heavy atom. The number of hydrogen-bond acceptors (Lipinski definition) is 4. The quantitative estimate of drug-likeness (QED) is 0.163. The lowest BCUT2D eigenvalue weighted by molar-refractivity contribution is 1.05. The minimum atomic E-state index is 0.693. The van der Waals surface area contributed by atoms with Gasteiger partial charge in [-0.3, -0.25) is 8.97 Å². The van der Waals surface area contributed by atoms with Crippen molar-refractivity contribution in [2.75, 3.05) is 0 Å². The highest BCUT2D eigenvalue weighted by atomic mass is 15.1. The van der Waals surface area contributed by atoms with Crippen molar-refractivity contribution in [3.8, 4) is 73.4 Å². The predicted molar refractivity (Wildman–Crippen MR) is 236 cm³/mol. The van der Waals surface area contributed by atoms with E-state index in [0.29, 0.717) is 5.82 Å². The molecule has 0 bridgehead atoms. The van der Waals surface area contributed by atoms with E-state index >= 15 is 0 Å². The van der Waals surface area contributed by atoms with Gasteiger partial charge in [-0.1, -0.05) is 182 Å². The lowest BCUT2D eigenvalue weighted by Gasteiger charge is -2.13. The fourth-order valence-electron chi connectivity index (χ4n) is 8.08.